The Balaban J connectivity index is 1.43. The van der Waals surface area contributed by atoms with E-state index in [0.29, 0.717) is 24.5 Å². The lowest BCUT2D eigenvalue weighted by Gasteiger charge is -2.11. The van der Waals surface area contributed by atoms with Crippen molar-refractivity contribution in [3.8, 4) is 0 Å². The Morgan fingerprint density at radius 2 is 1.97 bits per heavy atom. The molecule has 148 valence electrons. The van der Waals surface area contributed by atoms with E-state index >= 15 is 0 Å². The Labute approximate surface area is 168 Å². The predicted molar refractivity (Wildman–Crippen MR) is 111 cm³/mol. The average Bonchev–Trinajstić information content (AvgIpc) is 3.26. The van der Waals surface area contributed by atoms with Gasteiger partial charge in [0.1, 0.15) is 11.5 Å². The largest absolute Gasteiger partial charge is 0.384 e. The lowest BCUT2D eigenvalue weighted by atomic mass is 10.1. The van der Waals surface area contributed by atoms with E-state index in [1.807, 2.05) is 55.8 Å². The fourth-order valence-electron chi connectivity index (χ4n) is 3.44. The third-order valence-electron chi connectivity index (χ3n) is 4.87. The summed E-state index contributed by atoms with van der Waals surface area (Å²) >= 11 is 0. The number of rotatable bonds is 5. The summed E-state index contributed by atoms with van der Waals surface area (Å²) in [5.41, 5.74) is 12.0. The van der Waals surface area contributed by atoms with Gasteiger partial charge < -0.3 is 15.5 Å². The molecule has 1 amide bonds. The maximum Gasteiger partial charge on any atom is 0.254 e. The van der Waals surface area contributed by atoms with Gasteiger partial charge >= 0.3 is 0 Å². The van der Waals surface area contributed by atoms with Crippen molar-refractivity contribution in [2.45, 2.75) is 33.9 Å². The second-order valence-corrected chi connectivity index (χ2v) is 7.22. The highest BCUT2D eigenvalue weighted by Gasteiger charge is 2.12. The highest BCUT2D eigenvalue weighted by molar-refractivity contribution is 5.93. The van der Waals surface area contributed by atoms with E-state index in [0.717, 1.165) is 33.7 Å². The van der Waals surface area contributed by atoms with E-state index in [-0.39, 0.29) is 5.91 Å². The molecule has 4 aromatic heterocycles. The molecule has 0 unspecified atom stereocenters. The van der Waals surface area contributed by atoms with Gasteiger partial charge in [-0.1, -0.05) is 6.07 Å². The van der Waals surface area contributed by atoms with Crippen molar-refractivity contribution >= 4 is 17.4 Å². The number of nitrogens with one attached hydrogen (secondary N) is 1. The highest BCUT2D eigenvalue weighted by Crippen LogP contribution is 2.15. The van der Waals surface area contributed by atoms with Crippen LogP contribution in [-0.2, 0) is 13.1 Å². The van der Waals surface area contributed by atoms with E-state index in [1.165, 1.54) is 0 Å². The number of fused-ring (bicyclic) bond motifs is 1. The predicted octanol–water partition coefficient (Wildman–Crippen LogP) is 2.41. The summed E-state index contributed by atoms with van der Waals surface area (Å²) in [5, 5.41) is 7.26. The number of pyridine rings is 2. The van der Waals surface area contributed by atoms with Gasteiger partial charge in [-0.3, -0.25) is 9.48 Å². The topological polar surface area (TPSA) is 103 Å². The summed E-state index contributed by atoms with van der Waals surface area (Å²) < 4.78 is 3.74. The highest BCUT2D eigenvalue weighted by atomic mass is 16.1. The molecule has 29 heavy (non-hydrogen) atoms. The van der Waals surface area contributed by atoms with Gasteiger partial charge in [0.25, 0.3) is 5.91 Å². The van der Waals surface area contributed by atoms with Crippen LogP contribution in [0.25, 0.3) is 5.65 Å². The van der Waals surface area contributed by atoms with Crippen LogP contribution in [0.2, 0.25) is 0 Å². The molecule has 8 heteroatoms. The summed E-state index contributed by atoms with van der Waals surface area (Å²) in [6.45, 7) is 6.78. The Bertz CT molecular complexity index is 1180. The van der Waals surface area contributed by atoms with E-state index in [9.17, 15) is 4.79 Å². The van der Waals surface area contributed by atoms with Crippen LogP contribution in [0.15, 0.2) is 43.0 Å². The minimum atomic E-state index is -0.174. The smallest absolute Gasteiger partial charge is 0.254 e. The number of nitrogens with zero attached hydrogens (tertiary/aromatic N) is 5. The maximum atomic E-state index is 12.5. The van der Waals surface area contributed by atoms with Crippen LogP contribution in [0.3, 0.4) is 0 Å². The van der Waals surface area contributed by atoms with E-state index < -0.39 is 0 Å². The number of amides is 1. The van der Waals surface area contributed by atoms with Gasteiger partial charge in [0.2, 0.25) is 0 Å². The van der Waals surface area contributed by atoms with Crippen molar-refractivity contribution in [1.82, 2.24) is 29.5 Å². The number of aryl methyl sites for hydroxylation is 3. The molecule has 4 aromatic rings. The number of hydrogen-bond acceptors (Lipinski definition) is 5. The van der Waals surface area contributed by atoms with Gasteiger partial charge in [0.05, 0.1) is 24.0 Å². The molecule has 0 saturated heterocycles. The zero-order valence-corrected chi connectivity index (χ0v) is 16.7. The number of nitrogens with two attached hydrogens (primary N) is 1. The van der Waals surface area contributed by atoms with Crippen LogP contribution in [0, 0.1) is 20.8 Å². The monoisotopic (exact) mass is 389 g/mol. The molecular weight excluding hydrogens is 366 g/mol. The van der Waals surface area contributed by atoms with Crippen molar-refractivity contribution in [2.24, 2.45) is 0 Å². The van der Waals surface area contributed by atoms with Crippen molar-refractivity contribution in [3.63, 3.8) is 0 Å². The van der Waals surface area contributed by atoms with Gasteiger partial charge in [-0.05, 0) is 49.6 Å². The fourth-order valence-corrected chi connectivity index (χ4v) is 3.44. The van der Waals surface area contributed by atoms with E-state index in [4.69, 9.17) is 5.73 Å². The van der Waals surface area contributed by atoms with Gasteiger partial charge in [-0.15, -0.1) is 0 Å². The normalized spacial score (nSPS) is 11.1. The zero-order chi connectivity index (χ0) is 20.5. The van der Waals surface area contributed by atoms with Crippen molar-refractivity contribution in [3.05, 3.63) is 76.6 Å². The molecule has 0 aromatic carbocycles. The molecule has 0 atom stereocenters. The molecule has 0 radical (unpaired) electrons. The first-order valence-electron chi connectivity index (χ1n) is 9.36. The van der Waals surface area contributed by atoms with Crippen molar-refractivity contribution in [1.29, 1.82) is 0 Å². The molecule has 0 aliphatic heterocycles. The molecule has 8 nitrogen and oxygen atoms in total. The molecule has 0 aliphatic rings. The Hall–Kier alpha value is -3.68. The standard InChI is InChI=1S/C21H23N7O/c1-13-6-19(22)26-15(3)18(13)8-23-21(29)17-7-24-28(12-17)11-16-4-5-20-25-14(2)9-27(20)10-16/h4-7,9-10,12H,8,11H2,1-3H3,(H2,22,26)(H,23,29). The molecular formula is C21H23N7O. The van der Waals surface area contributed by atoms with Crippen LogP contribution in [-0.4, -0.2) is 30.1 Å². The molecule has 0 aliphatic carbocycles. The summed E-state index contributed by atoms with van der Waals surface area (Å²) in [5.74, 6) is 0.313. The minimum Gasteiger partial charge on any atom is -0.384 e. The van der Waals surface area contributed by atoms with Gasteiger partial charge in [-0.25, -0.2) is 9.97 Å². The lowest BCUT2D eigenvalue weighted by Crippen LogP contribution is -2.23. The number of aromatic nitrogens is 5. The summed E-state index contributed by atoms with van der Waals surface area (Å²) in [7, 11) is 0. The van der Waals surface area contributed by atoms with Crippen LogP contribution < -0.4 is 11.1 Å². The number of anilines is 1. The Morgan fingerprint density at radius 1 is 1.14 bits per heavy atom. The quantitative estimate of drug-likeness (QED) is 0.546. The first-order chi connectivity index (χ1) is 13.9. The van der Waals surface area contributed by atoms with Gasteiger partial charge in [-0.2, -0.15) is 5.10 Å². The van der Waals surface area contributed by atoms with E-state index in [2.05, 4.69) is 20.4 Å². The van der Waals surface area contributed by atoms with Gasteiger partial charge in [0.15, 0.2) is 0 Å². The maximum absolute atomic E-state index is 12.5. The third kappa shape index (κ3) is 3.96. The number of imidazole rings is 1. The number of carbonyl (C=O) groups is 1. The molecule has 4 heterocycles. The molecule has 3 N–H and O–H groups in total. The summed E-state index contributed by atoms with van der Waals surface area (Å²) in [6.07, 6.45) is 7.34. The Morgan fingerprint density at radius 3 is 2.76 bits per heavy atom. The molecule has 4 rings (SSSR count). The first-order valence-corrected chi connectivity index (χ1v) is 9.36. The van der Waals surface area contributed by atoms with Crippen molar-refractivity contribution in [2.75, 3.05) is 5.73 Å². The second kappa shape index (κ2) is 7.38. The SMILES string of the molecule is Cc1cn2cc(Cn3cc(C(=O)NCc4c(C)cc(N)nc4C)cn3)ccc2n1. The lowest BCUT2D eigenvalue weighted by molar-refractivity contribution is 0.0950. The van der Waals surface area contributed by atoms with Gasteiger partial charge in [0, 0.05) is 30.8 Å². The third-order valence-corrected chi connectivity index (χ3v) is 4.87. The fraction of sp³-hybridized carbons (Fsp3) is 0.238. The number of nitrogen functional groups attached to an aromatic ring is 1. The summed E-state index contributed by atoms with van der Waals surface area (Å²) in [4.78, 5) is 21.2. The molecule has 0 fully saturated rings. The molecule has 0 spiro atoms. The van der Waals surface area contributed by atoms with Crippen LogP contribution >= 0.6 is 0 Å². The summed E-state index contributed by atoms with van der Waals surface area (Å²) in [6, 6.07) is 5.80. The van der Waals surface area contributed by atoms with Crippen LogP contribution in [0.4, 0.5) is 5.82 Å². The zero-order valence-electron chi connectivity index (χ0n) is 16.7. The minimum absolute atomic E-state index is 0.174. The van der Waals surface area contributed by atoms with Crippen LogP contribution in [0.5, 0.6) is 0 Å². The second-order valence-electron chi connectivity index (χ2n) is 7.22. The molecule has 0 bridgehead atoms. The molecule has 0 saturated carbocycles. The van der Waals surface area contributed by atoms with Crippen LogP contribution in [0.1, 0.15) is 38.4 Å². The number of hydrogen-bond donors (Lipinski definition) is 2. The Kier molecular flexibility index (Phi) is 4.75. The van der Waals surface area contributed by atoms with Crippen molar-refractivity contribution < 1.29 is 4.79 Å². The van der Waals surface area contributed by atoms with E-state index in [1.54, 1.807) is 17.1 Å². The average molecular weight is 389 g/mol. The first kappa shape index (κ1) is 18.7. The number of carbonyl (C=O) groups excluding carboxylic acids is 1.